The minimum absolute atomic E-state index is 0.0626. The molecule has 0 atom stereocenters. The Balaban J connectivity index is 2.22. The summed E-state index contributed by atoms with van der Waals surface area (Å²) in [4.78, 5) is 0. The van der Waals surface area contributed by atoms with Crippen LogP contribution in [0.4, 0.5) is 0 Å². The van der Waals surface area contributed by atoms with Crippen LogP contribution in [0.25, 0.3) is 0 Å². The van der Waals surface area contributed by atoms with E-state index >= 15 is 0 Å². The van der Waals surface area contributed by atoms with E-state index in [9.17, 15) is 13.5 Å². The first-order chi connectivity index (χ1) is 8.49. The fourth-order valence-electron chi connectivity index (χ4n) is 2.11. The lowest BCUT2D eigenvalue weighted by atomic mass is 9.89. The second-order valence-corrected chi connectivity index (χ2v) is 6.52. The number of hydrogen-bond donors (Lipinski definition) is 1. The van der Waals surface area contributed by atoms with Crippen molar-refractivity contribution in [1.29, 1.82) is 5.26 Å². The van der Waals surface area contributed by atoms with Crippen molar-refractivity contribution in [3.63, 3.8) is 0 Å². The molecule has 0 saturated carbocycles. The molecule has 1 aliphatic heterocycles. The van der Waals surface area contributed by atoms with Gasteiger partial charge in [-0.15, -0.1) is 0 Å². The van der Waals surface area contributed by atoms with Crippen LogP contribution in [0, 0.1) is 11.3 Å². The summed E-state index contributed by atoms with van der Waals surface area (Å²) in [5, 5.41) is 18.8. The number of nitriles is 1. The molecule has 0 aliphatic carbocycles. The molecule has 1 aromatic rings. The normalized spacial score (nSPS) is 17.1. The van der Waals surface area contributed by atoms with Crippen LogP contribution in [0.15, 0.2) is 18.2 Å². The number of benzene rings is 1. The Hall–Kier alpha value is -1.58. The van der Waals surface area contributed by atoms with Gasteiger partial charge in [0.15, 0.2) is 0 Å². The van der Waals surface area contributed by atoms with Crippen molar-refractivity contribution in [2.24, 2.45) is 0 Å². The van der Waals surface area contributed by atoms with Crippen LogP contribution in [0.2, 0.25) is 0 Å². The molecule has 5 nitrogen and oxygen atoms in total. The monoisotopic (exact) mass is 266 g/mol. The van der Waals surface area contributed by atoms with Gasteiger partial charge in [0.2, 0.25) is 10.0 Å². The number of phenolic OH excluding ortho intramolecular Hbond substituents is 1. The summed E-state index contributed by atoms with van der Waals surface area (Å²) in [6.07, 6.45) is 0. The molecule has 0 bridgehead atoms. The minimum atomic E-state index is -3.17. The lowest BCUT2D eigenvalue weighted by Gasteiger charge is -2.38. The van der Waals surface area contributed by atoms with Crippen LogP contribution < -0.4 is 0 Å². The van der Waals surface area contributed by atoms with Crippen molar-refractivity contribution in [2.45, 2.75) is 12.8 Å². The summed E-state index contributed by atoms with van der Waals surface area (Å²) in [6, 6.07) is 6.78. The van der Waals surface area contributed by atoms with Crippen LogP contribution in [-0.2, 0) is 10.0 Å². The molecule has 6 heteroatoms. The number of phenols is 1. The van der Waals surface area contributed by atoms with Gasteiger partial charge in [-0.2, -0.15) is 5.26 Å². The fraction of sp³-hybridized carbons (Fsp3) is 0.417. The topological polar surface area (TPSA) is 81.4 Å². The Labute approximate surface area is 106 Å². The van der Waals surface area contributed by atoms with Crippen molar-refractivity contribution >= 4 is 10.0 Å². The standard InChI is InChI=1S/C12H14N2O3S/c1-2-18(16,17)14-7-10(8-14)12-9(6-13)4-3-5-11(12)15/h3-5,10,15H,2,7-8H2,1H3. The molecular formula is C12H14N2O3S. The third kappa shape index (κ3) is 2.07. The first-order valence-electron chi connectivity index (χ1n) is 5.69. The number of nitrogens with zero attached hydrogens (tertiary/aromatic N) is 2. The summed E-state index contributed by atoms with van der Waals surface area (Å²) >= 11 is 0. The Morgan fingerprint density at radius 2 is 2.17 bits per heavy atom. The van der Waals surface area contributed by atoms with Gasteiger partial charge < -0.3 is 5.11 Å². The molecular weight excluding hydrogens is 252 g/mol. The predicted molar refractivity (Wildman–Crippen MR) is 66.6 cm³/mol. The van der Waals surface area contributed by atoms with Crippen molar-refractivity contribution in [3.05, 3.63) is 29.3 Å². The van der Waals surface area contributed by atoms with Gasteiger partial charge in [-0.05, 0) is 19.1 Å². The van der Waals surface area contributed by atoms with Gasteiger partial charge >= 0.3 is 0 Å². The van der Waals surface area contributed by atoms with Crippen LogP contribution in [-0.4, -0.2) is 36.7 Å². The quantitative estimate of drug-likeness (QED) is 0.885. The van der Waals surface area contributed by atoms with E-state index in [1.54, 1.807) is 19.1 Å². The highest BCUT2D eigenvalue weighted by Gasteiger charge is 2.37. The molecule has 2 rings (SSSR count). The number of aromatic hydroxyl groups is 1. The van der Waals surface area contributed by atoms with Gasteiger partial charge in [0.25, 0.3) is 0 Å². The average molecular weight is 266 g/mol. The summed E-state index contributed by atoms with van der Waals surface area (Å²) < 4.78 is 24.6. The Morgan fingerprint density at radius 3 is 2.72 bits per heavy atom. The molecule has 0 aromatic heterocycles. The Kier molecular flexibility index (Phi) is 3.28. The van der Waals surface area contributed by atoms with Crippen LogP contribution in [0.3, 0.4) is 0 Å². The lowest BCUT2D eigenvalue weighted by Crippen LogP contribution is -2.49. The average Bonchev–Trinajstić information content (AvgIpc) is 2.29. The third-order valence-corrected chi connectivity index (χ3v) is 5.03. The summed E-state index contributed by atoms with van der Waals surface area (Å²) in [5.74, 6) is 0.0424. The maximum atomic E-state index is 11.6. The Bertz CT molecular complexity index is 598. The molecule has 1 aromatic carbocycles. The largest absolute Gasteiger partial charge is 0.508 e. The zero-order chi connectivity index (χ0) is 13.3. The molecule has 96 valence electrons. The van der Waals surface area contributed by atoms with Crippen molar-refractivity contribution in [3.8, 4) is 11.8 Å². The highest BCUT2D eigenvalue weighted by Crippen LogP contribution is 2.36. The van der Waals surface area contributed by atoms with E-state index in [0.29, 0.717) is 24.2 Å². The molecule has 0 unspecified atom stereocenters. The first kappa shape index (κ1) is 12.9. The van der Waals surface area contributed by atoms with Crippen LogP contribution in [0.5, 0.6) is 5.75 Å². The van der Waals surface area contributed by atoms with E-state index in [1.807, 2.05) is 6.07 Å². The highest BCUT2D eigenvalue weighted by molar-refractivity contribution is 7.89. The molecule has 1 aliphatic rings. The van der Waals surface area contributed by atoms with Gasteiger partial charge in [-0.3, -0.25) is 0 Å². The highest BCUT2D eigenvalue weighted by atomic mass is 32.2. The molecule has 0 amide bonds. The molecule has 1 saturated heterocycles. The second kappa shape index (κ2) is 4.59. The molecule has 0 spiro atoms. The zero-order valence-electron chi connectivity index (χ0n) is 10.00. The zero-order valence-corrected chi connectivity index (χ0v) is 10.8. The van der Waals surface area contributed by atoms with Crippen LogP contribution in [0.1, 0.15) is 24.0 Å². The van der Waals surface area contributed by atoms with E-state index < -0.39 is 10.0 Å². The maximum absolute atomic E-state index is 11.6. The van der Waals surface area contributed by atoms with Crippen molar-refractivity contribution in [2.75, 3.05) is 18.8 Å². The minimum Gasteiger partial charge on any atom is -0.508 e. The maximum Gasteiger partial charge on any atom is 0.213 e. The van der Waals surface area contributed by atoms with Gasteiger partial charge in [-0.25, -0.2) is 12.7 Å². The van der Waals surface area contributed by atoms with Gasteiger partial charge in [0.1, 0.15) is 5.75 Å². The third-order valence-electron chi connectivity index (χ3n) is 3.22. The molecule has 1 N–H and O–H groups in total. The molecule has 1 fully saturated rings. The van der Waals surface area contributed by atoms with Gasteiger partial charge in [0, 0.05) is 24.6 Å². The lowest BCUT2D eigenvalue weighted by molar-refractivity contribution is 0.259. The van der Waals surface area contributed by atoms with E-state index in [0.717, 1.165) is 0 Å². The van der Waals surface area contributed by atoms with Gasteiger partial charge in [-0.1, -0.05) is 6.07 Å². The van der Waals surface area contributed by atoms with E-state index in [-0.39, 0.29) is 17.4 Å². The SMILES string of the molecule is CCS(=O)(=O)N1CC(c2c(O)cccc2C#N)C1. The van der Waals surface area contributed by atoms with Crippen molar-refractivity contribution < 1.29 is 13.5 Å². The fourth-order valence-corrected chi connectivity index (χ4v) is 3.29. The summed E-state index contributed by atoms with van der Waals surface area (Å²) in [5.41, 5.74) is 0.969. The molecule has 18 heavy (non-hydrogen) atoms. The predicted octanol–water partition coefficient (Wildman–Crippen LogP) is 1.01. The second-order valence-electron chi connectivity index (χ2n) is 4.26. The molecule has 1 heterocycles. The van der Waals surface area contributed by atoms with Crippen molar-refractivity contribution in [1.82, 2.24) is 4.31 Å². The van der Waals surface area contributed by atoms with E-state index in [4.69, 9.17) is 5.26 Å². The van der Waals surface area contributed by atoms with Gasteiger partial charge in [0.05, 0.1) is 17.4 Å². The first-order valence-corrected chi connectivity index (χ1v) is 7.30. The van der Waals surface area contributed by atoms with Crippen LogP contribution >= 0.6 is 0 Å². The molecule has 0 radical (unpaired) electrons. The number of rotatable bonds is 3. The Morgan fingerprint density at radius 1 is 1.50 bits per heavy atom. The van der Waals surface area contributed by atoms with E-state index in [2.05, 4.69) is 0 Å². The summed E-state index contributed by atoms with van der Waals surface area (Å²) in [7, 11) is -3.17. The van der Waals surface area contributed by atoms with E-state index in [1.165, 1.54) is 10.4 Å². The number of sulfonamides is 1. The number of hydrogen-bond acceptors (Lipinski definition) is 4. The smallest absolute Gasteiger partial charge is 0.213 e. The summed E-state index contributed by atoms with van der Waals surface area (Å²) in [6.45, 7) is 2.27.